The van der Waals surface area contributed by atoms with Crippen LogP contribution in [0.3, 0.4) is 0 Å². The number of nitrogens with zero attached hydrogens (tertiary/aromatic N) is 1. The predicted octanol–water partition coefficient (Wildman–Crippen LogP) is 0.735. The zero-order valence-electron chi connectivity index (χ0n) is 15.9. The van der Waals surface area contributed by atoms with Crippen molar-refractivity contribution in [1.82, 2.24) is 21.1 Å². The summed E-state index contributed by atoms with van der Waals surface area (Å²) in [5.41, 5.74) is 7.23. The van der Waals surface area contributed by atoms with Crippen molar-refractivity contribution in [2.24, 2.45) is 11.8 Å². The Morgan fingerprint density at radius 2 is 1.96 bits per heavy atom. The molecule has 25 heavy (non-hydrogen) atoms. The van der Waals surface area contributed by atoms with Crippen molar-refractivity contribution in [3.63, 3.8) is 0 Å². The number of fused-ring (bicyclic) bond motifs is 4. The van der Waals surface area contributed by atoms with E-state index in [1.807, 2.05) is 0 Å². The van der Waals surface area contributed by atoms with Gasteiger partial charge in [-0.15, -0.1) is 0 Å². The van der Waals surface area contributed by atoms with Gasteiger partial charge in [0.1, 0.15) is 0 Å². The SMILES string of the molecule is CC1CN(C)CCCOC2CCC3NNC(C4CNCC(C4)O1)C3C2. The van der Waals surface area contributed by atoms with Crippen molar-refractivity contribution < 1.29 is 9.47 Å². The molecule has 3 heterocycles. The molecule has 0 radical (unpaired) electrons. The number of likely N-dealkylation sites (N-methyl/N-ethyl adjacent to an activating group) is 1. The summed E-state index contributed by atoms with van der Waals surface area (Å²) < 4.78 is 12.7. The van der Waals surface area contributed by atoms with E-state index >= 15 is 0 Å². The number of nitrogens with one attached hydrogen (secondary N) is 3. The van der Waals surface area contributed by atoms with Crippen LogP contribution in [0.15, 0.2) is 0 Å². The molecule has 6 nitrogen and oxygen atoms in total. The minimum atomic E-state index is 0.281. The maximum atomic E-state index is 6.39. The van der Waals surface area contributed by atoms with Gasteiger partial charge in [-0.3, -0.25) is 10.9 Å². The molecule has 0 amide bonds. The Hall–Kier alpha value is -0.240. The van der Waals surface area contributed by atoms with Crippen molar-refractivity contribution in [2.75, 3.05) is 39.8 Å². The van der Waals surface area contributed by atoms with E-state index in [2.05, 4.69) is 35.0 Å². The standard InChI is InChI=1S/C19H36N4O2/c1-13-12-23(2)6-3-7-24-15-4-5-18-17(9-15)19(22-21-18)14-8-16(25-13)11-20-10-14/h13-22H,3-12H2,1-2H3. The van der Waals surface area contributed by atoms with Crippen LogP contribution in [-0.2, 0) is 9.47 Å². The number of hydrogen-bond acceptors (Lipinski definition) is 6. The van der Waals surface area contributed by atoms with Gasteiger partial charge in [0.25, 0.3) is 0 Å². The number of rotatable bonds is 0. The monoisotopic (exact) mass is 352 g/mol. The third kappa shape index (κ3) is 4.37. The molecule has 0 spiro atoms. The fourth-order valence-corrected chi connectivity index (χ4v) is 5.47. The first-order valence-corrected chi connectivity index (χ1v) is 10.4. The zero-order valence-corrected chi connectivity index (χ0v) is 15.9. The quantitative estimate of drug-likeness (QED) is 0.598. The summed E-state index contributed by atoms with van der Waals surface area (Å²) >= 11 is 0. The summed E-state index contributed by atoms with van der Waals surface area (Å²) in [5.74, 6) is 1.32. The third-order valence-electron chi connectivity index (χ3n) is 6.63. The Morgan fingerprint density at radius 1 is 1.04 bits per heavy atom. The largest absolute Gasteiger partial charge is 0.378 e. The topological polar surface area (TPSA) is 57.8 Å². The molecule has 0 aromatic heterocycles. The molecule has 4 fully saturated rings. The Labute approximate surface area is 152 Å². The molecule has 3 saturated heterocycles. The van der Waals surface area contributed by atoms with Crippen molar-refractivity contribution in [1.29, 1.82) is 0 Å². The normalized spacial score (nSPS) is 47.0. The Balaban J connectivity index is 1.47. The summed E-state index contributed by atoms with van der Waals surface area (Å²) in [4.78, 5) is 2.39. The molecule has 144 valence electrons. The van der Waals surface area contributed by atoms with Crippen LogP contribution < -0.4 is 16.2 Å². The summed E-state index contributed by atoms with van der Waals surface area (Å²) in [6, 6.07) is 1.16. The minimum absolute atomic E-state index is 0.281. The lowest BCUT2D eigenvalue weighted by Crippen LogP contribution is -2.51. The van der Waals surface area contributed by atoms with E-state index in [4.69, 9.17) is 9.47 Å². The Bertz CT molecular complexity index is 438. The molecule has 7 unspecified atom stereocenters. The van der Waals surface area contributed by atoms with Gasteiger partial charge in [0.15, 0.2) is 0 Å². The molecule has 4 rings (SSSR count). The molecule has 4 bridgehead atoms. The number of hydrazine groups is 1. The molecule has 0 aromatic rings. The van der Waals surface area contributed by atoms with E-state index in [1.54, 1.807) is 0 Å². The van der Waals surface area contributed by atoms with Crippen LogP contribution in [0.2, 0.25) is 0 Å². The molecule has 7 atom stereocenters. The average Bonchev–Trinajstić information content (AvgIpc) is 3.01. The average molecular weight is 353 g/mol. The van der Waals surface area contributed by atoms with Gasteiger partial charge in [0.2, 0.25) is 0 Å². The second-order valence-corrected chi connectivity index (χ2v) is 8.73. The van der Waals surface area contributed by atoms with Crippen LogP contribution in [0, 0.1) is 11.8 Å². The van der Waals surface area contributed by atoms with Gasteiger partial charge in [0.05, 0.1) is 18.3 Å². The molecule has 6 heteroatoms. The zero-order chi connectivity index (χ0) is 17.2. The smallest absolute Gasteiger partial charge is 0.0707 e. The molecule has 1 saturated carbocycles. The first kappa shape index (κ1) is 18.1. The van der Waals surface area contributed by atoms with Crippen LogP contribution in [0.25, 0.3) is 0 Å². The van der Waals surface area contributed by atoms with Crippen molar-refractivity contribution in [3.8, 4) is 0 Å². The van der Waals surface area contributed by atoms with Gasteiger partial charge in [-0.2, -0.15) is 0 Å². The van der Waals surface area contributed by atoms with E-state index in [-0.39, 0.29) is 6.10 Å². The van der Waals surface area contributed by atoms with Crippen LogP contribution in [0.5, 0.6) is 0 Å². The number of hydrogen-bond donors (Lipinski definition) is 3. The minimum Gasteiger partial charge on any atom is -0.378 e. The van der Waals surface area contributed by atoms with Crippen molar-refractivity contribution in [3.05, 3.63) is 0 Å². The fourth-order valence-electron chi connectivity index (χ4n) is 5.47. The summed E-state index contributed by atoms with van der Waals surface area (Å²) in [5, 5.41) is 3.63. The lowest BCUT2D eigenvalue weighted by molar-refractivity contribution is -0.0396. The molecule has 0 aromatic carbocycles. The first-order valence-electron chi connectivity index (χ1n) is 10.4. The van der Waals surface area contributed by atoms with Gasteiger partial charge in [-0.1, -0.05) is 0 Å². The van der Waals surface area contributed by atoms with E-state index in [9.17, 15) is 0 Å². The molecule has 3 N–H and O–H groups in total. The van der Waals surface area contributed by atoms with E-state index < -0.39 is 0 Å². The van der Waals surface area contributed by atoms with Gasteiger partial charge in [-0.05, 0) is 64.5 Å². The fraction of sp³-hybridized carbons (Fsp3) is 1.00. The third-order valence-corrected chi connectivity index (χ3v) is 6.63. The highest BCUT2D eigenvalue weighted by Crippen LogP contribution is 2.36. The molecule has 4 aliphatic rings. The van der Waals surface area contributed by atoms with E-state index in [1.165, 1.54) is 19.3 Å². The lowest BCUT2D eigenvalue weighted by atomic mass is 9.74. The van der Waals surface area contributed by atoms with Crippen LogP contribution >= 0.6 is 0 Å². The van der Waals surface area contributed by atoms with Gasteiger partial charge in [0, 0.05) is 38.3 Å². The number of ether oxygens (including phenoxy) is 2. The molecular weight excluding hydrogens is 316 g/mol. The highest BCUT2D eigenvalue weighted by atomic mass is 16.5. The van der Waals surface area contributed by atoms with Crippen molar-refractivity contribution >= 4 is 0 Å². The predicted molar refractivity (Wildman–Crippen MR) is 98.4 cm³/mol. The number of piperidine rings is 1. The summed E-state index contributed by atoms with van der Waals surface area (Å²) in [7, 11) is 2.20. The maximum Gasteiger partial charge on any atom is 0.0707 e. The first-order chi connectivity index (χ1) is 12.2. The van der Waals surface area contributed by atoms with E-state index in [0.29, 0.717) is 36.1 Å². The van der Waals surface area contributed by atoms with Crippen LogP contribution in [0.4, 0.5) is 0 Å². The molecular formula is C19H36N4O2. The van der Waals surface area contributed by atoms with Crippen LogP contribution in [0.1, 0.15) is 39.0 Å². The Kier molecular flexibility index (Phi) is 5.94. The molecule has 3 aliphatic heterocycles. The lowest BCUT2D eigenvalue weighted by Gasteiger charge is -2.39. The Morgan fingerprint density at radius 3 is 2.88 bits per heavy atom. The summed E-state index contributed by atoms with van der Waals surface area (Å²) in [6.07, 6.45) is 6.97. The van der Waals surface area contributed by atoms with Gasteiger partial charge < -0.3 is 19.7 Å². The van der Waals surface area contributed by atoms with Gasteiger partial charge in [-0.25, -0.2) is 0 Å². The van der Waals surface area contributed by atoms with Crippen LogP contribution in [-0.4, -0.2) is 75.1 Å². The maximum absolute atomic E-state index is 6.39. The van der Waals surface area contributed by atoms with Crippen molar-refractivity contribution in [2.45, 2.75) is 69.4 Å². The molecule has 1 aliphatic carbocycles. The van der Waals surface area contributed by atoms with E-state index in [0.717, 1.165) is 45.6 Å². The van der Waals surface area contributed by atoms with Gasteiger partial charge >= 0.3 is 0 Å². The second-order valence-electron chi connectivity index (χ2n) is 8.73. The highest BCUT2D eigenvalue weighted by Gasteiger charge is 2.45. The summed E-state index contributed by atoms with van der Waals surface area (Å²) in [6.45, 7) is 7.28. The highest BCUT2D eigenvalue weighted by molar-refractivity contribution is 5.00. The second kappa shape index (κ2) is 8.19.